The number of anilines is 1. The summed E-state index contributed by atoms with van der Waals surface area (Å²) < 4.78 is 5.22. The minimum Gasteiger partial charge on any atom is -0.496 e. The van der Waals surface area contributed by atoms with E-state index >= 15 is 0 Å². The van der Waals surface area contributed by atoms with Crippen LogP contribution in [0.2, 0.25) is 5.02 Å². The van der Waals surface area contributed by atoms with Crippen LogP contribution in [0.25, 0.3) is 16.7 Å². The van der Waals surface area contributed by atoms with Crippen molar-refractivity contribution < 1.29 is 9.53 Å². The number of para-hydroxylation sites is 1. The van der Waals surface area contributed by atoms with Crippen molar-refractivity contribution in [3.8, 4) is 11.4 Å². The van der Waals surface area contributed by atoms with Crippen LogP contribution in [0.3, 0.4) is 0 Å². The van der Waals surface area contributed by atoms with Crippen molar-refractivity contribution in [1.82, 2.24) is 20.3 Å². The molecule has 0 unspecified atom stereocenters. The van der Waals surface area contributed by atoms with Gasteiger partial charge in [-0.25, -0.2) is 0 Å². The number of nitrogens with zero attached hydrogens (tertiary/aromatic N) is 3. The molecule has 0 radical (unpaired) electrons. The number of rotatable bonds is 4. The molecule has 31 heavy (non-hydrogen) atoms. The SMILES string of the molecule is COc1ccccc1C(=O)NC(=S)Nc1ccc2nn(-c3ccc(C)c(Cl)c3)nc2c1. The minimum absolute atomic E-state index is 0.160. The first-order chi connectivity index (χ1) is 14.9. The zero-order valence-corrected chi connectivity index (χ0v) is 18.3. The van der Waals surface area contributed by atoms with Gasteiger partial charge in [0.2, 0.25) is 0 Å². The van der Waals surface area contributed by atoms with Crippen LogP contribution in [-0.2, 0) is 0 Å². The number of carbonyl (C=O) groups excluding carboxylic acids is 1. The van der Waals surface area contributed by atoms with Gasteiger partial charge in [0.15, 0.2) is 5.11 Å². The highest BCUT2D eigenvalue weighted by atomic mass is 35.5. The van der Waals surface area contributed by atoms with Gasteiger partial charge in [-0.3, -0.25) is 10.1 Å². The highest BCUT2D eigenvalue weighted by Gasteiger charge is 2.13. The third-order valence-electron chi connectivity index (χ3n) is 4.60. The molecule has 3 aromatic carbocycles. The molecular weight excluding hydrogens is 434 g/mol. The molecule has 4 rings (SSSR count). The molecule has 9 heteroatoms. The first-order valence-corrected chi connectivity index (χ1v) is 10.1. The number of fused-ring (bicyclic) bond motifs is 1. The van der Waals surface area contributed by atoms with Crippen LogP contribution in [0, 0.1) is 6.92 Å². The topological polar surface area (TPSA) is 81.1 Å². The zero-order chi connectivity index (χ0) is 22.0. The van der Waals surface area contributed by atoms with E-state index in [1.165, 1.54) is 11.9 Å². The van der Waals surface area contributed by atoms with Crippen molar-refractivity contribution in [2.45, 2.75) is 6.92 Å². The smallest absolute Gasteiger partial charge is 0.261 e. The molecule has 156 valence electrons. The number of aromatic nitrogens is 3. The van der Waals surface area contributed by atoms with Gasteiger partial charge in [-0.1, -0.05) is 29.8 Å². The standard InChI is InChI=1S/C22H18ClN5O2S/c1-13-7-9-15(12-17(13)23)28-26-18-10-8-14(11-19(18)27-28)24-22(31)25-21(29)16-5-3-4-6-20(16)30-2/h3-12H,1-2H3,(H2,24,25,29,31). The monoisotopic (exact) mass is 451 g/mol. The first-order valence-electron chi connectivity index (χ1n) is 9.33. The van der Waals surface area contributed by atoms with Crippen molar-refractivity contribution in [3.05, 3.63) is 76.8 Å². The number of carbonyl (C=O) groups is 1. The van der Waals surface area contributed by atoms with E-state index in [2.05, 4.69) is 20.8 Å². The summed E-state index contributed by atoms with van der Waals surface area (Å²) in [6.07, 6.45) is 0. The summed E-state index contributed by atoms with van der Waals surface area (Å²) in [7, 11) is 1.51. The molecule has 0 saturated carbocycles. The molecule has 0 aliphatic heterocycles. The zero-order valence-electron chi connectivity index (χ0n) is 16.7. The molecule has 4 aromatic rings. The van der Waals surface area contributed by atoms with Gasteiger partial charge in [-0.15, -0.1) is 10.2 Å². The van der Waals surface area contributed by atoms with Crippen LogP contribution < -0.4 is 15.4 Å². The number of thiocarbonyl (C=S) groups is 1. The second-order valence-electron chi connectivity index (χ2n) is 6.73. The molecule has 1 aromatic heterocycles. The summed E-state index contributed by atoms with van der Waals surface area (Å²) in [5, 5.41) is 15.5. The molecule has 1 amide bonds. The molecular formula is C22H18ClN5O2S. The lowest BCUT2D eigenvalue weighted by Gasteiger charge is -2.11. The van der Waals surface area contributed by atoms with E-state index in [1.807, 2.05) is 37.3 Å². The van der Waals surface area contributed by atoms with Gasteiger partial charge < -0.3 is 10.1 Å². The summed E-state index contributed by atoms with van der Waals surface area (Å²) in [6, 6.07) is 18.0. The number of benzene rings is 3. The summed E-state index contributed by atoms with van der Waals surface area (Å²) >= 11 is 11.5. The largest absolute Gasteiger partial charge is 0.496 e. The van der Waals surface area contributed by atoms with Gasteiger partial charge in [-0.05, 0) is 67.2 Å². The number of aryl methyl sites for hydroxylation is 1. The van der Waals surface area contributed by atoms with E-state index in [9.17, 15) is 4.79 Å². The van der Waals surface area contributed by atoms with E-state index in [0.29, 0.717) is 33.1 Å². The van der Waals surface area contributed by atoms with E-state index in [1.54, 1.807) is 30.3 Å². The number of halogens is 1. The quantitative estimate of drug-likeness (QED) is 0.444. The molecule has 2 N–H and O–H groups in total. The third-order valence-corrected chi connectivity index (χ3v) is 5.21. The van der Waals surface area contributed by atoms with Crippen molar-refractivity contribution in [1.29, 1.82) is 0 Å². The second kappa shape index (κ2) is 8.71. The van der Waals surface area contributed by atoms with Crippen LogP contribution in [0.5, 0.6) is 5.75 Å². The first kappa shape index (κ1) is 20.8. The van der Waals surface area contributed by atoms with Crippen LogP contribution in [0.15, 0.2) is 60.7 Å². The Morgan fingerprint density at radius 1 is 1.06 bits per heavy atom. The molecule has 0 spiro atoms. The molecule has 0 atom stereocenters. The van der Waals surface area contributed by atoms with Gasteiger partial charge in [0.25, 0.3) is 5.91 Å². The van der Waals surface area contributed by atoms with E-state index in [4.69, 9.17) is 28.6 Å². The highest BCUT2D eigenvalue weighted by molar-refractivity contribution is 7.80. The number of amides is 1. The number of ether oxygens (including phenoxy) is 1. The maximum Gasteiger partial charge on any atom is 0.261 e. The second-order valence-corrected chi connectivity index (χ2v) is 7.55. The Morgan fingerprint density at radius 3 is 2.61 bits per heavy atom. The van der Waals surface area contributed by atoms with Gasteiger partial charge in [0, 0.05) is 10.7 Å². The molecule has 0 aliphatic rings. The molecule has 1 heterocycles. The molecule has 0 bridgehead atoms. The van der Waals surface area contributed by atoms with E-state index < -0.39 is 0 Å². The van der Waals surface area contributed by atoms with Crippen LogP contribution in [0.4, 0.5) is 5.69 Å². The van der Waals surface area contributed by atoms with Gasteiger partial charge >= 0.3 is 0 Å². The summed E-state index contributed by atoms with van der Waals surface area (Å²) in [4.78, 5) is 14.0. The molecule has 7 nitrogen and oxygen atoms in total. The average Bonchev–Trinajstić information content (AvgIpc) is 3.19. The predicted octanol–water partition coefficient (Wildman–Crippen LogP) is 4.52. The van der Waals surface area contributed by atoms with Crippen LogP contribution in [0.1, 0.15) is 15.9 Å². The van der Waals surface area contributed by atoms with Crippen LogP contribution in [-0.4, -0.2) is 33.1 Å². The molecule has 0 saturated heterocycles. The van der Waals surface area contributed by atoms with E-state index in [-0.39, 0.29) is 11.0 Å². The van der Waals surface area contributed by atoms with Crippen molar-refractivity contribution in [3.63, 3.8) is 0 Å². The van der Waals surface area contributed by atoms with Crippen LogP contribution >= 0.6 is 23.8 Å². The fourth-order valence-electron chi connectivity index (χ4n) is 2.98. The predicted molar refractivity (Wildman–Crippen MR) is 125 cm³/mol. The Kier molecular flexibility index (Phi) is 5.83. The highest BCUT2D eigenvalue weighted by Crippen LogP contribution is 2.21. The van der Waals surface area contributed by atoms with E-state index in [0.717, 1.165) is 11.3 Å². The van der Waals surface area contributed by atoms with Crippen molar-refractivity contribution in [2.75, 3.05) is 12.4 Å². The molecule has 0 aliphatic carbocycles. The lowest BCUT2D eigenvalue weighted by Crippen LogP contribution is -2.34. The maximum atomic E-state index is 12.5. The average molecular weight is 452 g/mol. The lowest BCUT2D eigenvalue weighted by molar-refractivity contribution is 0.0975. The number of hydrogen-bond acceptors (Lipinski definition) is 5. The van der Waals surface area contributed by atoms with Gasteiger partial charge in [-0.2, -0.15) is 4.80 Å². The number of methoxy groups -OCH3 is 1. The lowest BCUT2D eigenvalue weighted by atomic mass is 10.2. The van der Waals surface area contributed by atoms with Gasteiger partial charge in [0.1, 0.15) is 16.8 Å². The Labute approximate surface area is 189 Å². The minimum atomic E-state index is -0.363. The number of nitrogens with one attached hydrogen (secondary N) is 2. The van der Waals surface area contributed by atoms with Gasteiger partial charge in [0.05, 0.1) is 18.4 Å². The Balaban J connectivity index is 1.50. The Hall–Kier alpha value is -3.49. The van der Waals surface area contributed by atoms with Crippen molar-refractivity contribution in [2.24, 2.45) is 0 Å². The normalized spacial score (nSPS) is 10.7. The third kappa shape index (κ3) is 4.50. The fraction of sp³-hybridized carbons (Fsp3) is 0.0909. The Bertz CT molecular complexity index is 1300. The maximum absolute atomic E-state index is 12.5. The molecule has 0 fully saturated rings. The summed E-state index contributed by atoms with van der Waals surface area (Å²) in [5.41, 5.74) is 4.20. The fourth-order valence-corrected chi connectivity index (χ4v) is 3.36. The summed E-state index contributed by atoms with van der Waals surface area (Å²) in [5.74, 6) is 0.107. The summed E-state index contributed by atoms with van der Waals surface area (Å²) in [6.45, 7) is 1.94. The number of hydrogen-bond donors (Lipinski definition) is 2. The van der Waals surface area contributed by atoms with Crippen molar-refractivity contribution >= 4 is 51.6 Å². The Morgan fingerprint density at radius 2 is 1.84 bits per heavy atom.